The standard InChI is InChI=1S/C18H16N4O3/c1-12-21-22-18(25-12)14-8-5-9-15(10-14)20-16(23)11-19-17(24)13-6-3-2-4-7-13/h2-10H,11H2,1H3,(H,19,24)(H,20,23). The molecule has 0 aliphatic rings. The lowest BCUT2D eigenvalue weighted by Crippen LogP contribution is -2.32. The summed E-state index contributed by atoms with van der Waals surface area (Å²) in [6.45, 7) is 1.58. The molecule has 0 unspecified atom stereocenters. The zero-order valence-corrected chi connectivity index (χ0v) is 13.5. The van der Waals surface area contributed by atoms with Gasteiger partial charge in [-0.15, -0.1) is 10.2 Å². The molecule has 0 radical (unpaired) electrons. The summed E-state index contributed by atoms with van der Waals surface area (Å²) in [6.07, 6.45) is 0. The van der Waals surface area contributed by atoms with Gasteiger partial charge in [-0.1, -0.05) is 24.3 Å². The molecule has 7 heteroatoms. The van der Waals surface area contributed by atoms with Gasteiger partial charge in [-0.25, -0.2) is 0 Å². The molecule has 2 amide bonds. The third-order valence-corrected chi connectivity index (χ3v) is 3.36. The fourth-order valence-electron chi connectivity index (χ4n) is 2.20. The highest BCUT2D eigenvalue weighted by molar-refractivity contribution is 5.99. The van der Waals surface area contributed by atoms with E-state index >= 15 is 0 Å². The highest BCUT2D eigenvalue weighted by Gasteiger charge is 2.10. The minimum absolute atomic E-state index is 0.127. The SMILES string of the molecule is Cc1nnc(-c2cccc(NC(=O)CNC(=O)c3ccccc3)c2)o1. The van der Waals surface area contributed by atoms with Crippen LogP contribution in [0.5, 0.6) is 0 Å². The van der Waals surface area contributed by atoms with E-state index < -0.39 is 0 Å². The van der Waals surface area contributed by atoms with E-state index in [-0.39, 0.29) is 18.4 Å². The Morgan fingerprint density at radius 3 is 2.56 bits per heavy atom. The van der Waals surface area contributed by atoms with Gasteiger partial charge in [0, 0.05) is 23.7 Å². The van der Waals surface area contributed by atoms with Crippen LogP contribution in [0.4, 0.5) is 5.69 Å². The molecule has 0 saturated heterocycles. The van der Waals surface area contributed by atoms with Gasteiger partial charge in [0.1, 0.15) is 0 Å². The summed E-state index contributed by atoms with van der Waals surface area (Å²) in [6, 6.07) is 15.8. The maximum atomic E-state index is 12.0. The van der Waals surface area contributed by atoms with E-state index in [1.807, 2.05) is 6.07 Å². The topological polar surface area (TPSA) is 97.1 Å². The Kier molecular flexibility index (Phi) is 4.84. The van der Waals surface area contributed by atoms with Gasteiger partial charge in [0.15, 0.2) is 0 Å². The Hall–Kier alpha value is -3.48. The van der Waals surface area contributed by atoms with Crippen molar-refractivity contribution in [2.24, 2.45) is 0 Å². The van der Waals surface area contributed by atoms with Crippen molar-refractivity contribution in [1.82, 2.24) is 15.5 Å². The average Bonchev–Trinajstić information content (AvgIpc) is 3.07. The first-order valence-corrected chi connectivity index (χ1v) is 7.65. The summed E-state index contributed by atoms with van der Waals surface area (Å²) < 4.78 is 5.37. The van der Waals surface area contributed by atoms with Crippen LogP contribution in [0.25, 0.3) is 11.5 Å². The summed E-state index contributed by atoms with van der Waals surface area (Å²) in [4.78, 5) is 23.9. The molecule has 2 N–H and O–H groups in total. The summed E-state index contributed by atoms with van der Waals surface area (Å²) in [5.41, 5.74) is 1.78. The molecule has 7 nitrogen and oxygen atoms in total. The minimum atomic E-state index is -0.330. The molecule has 0 spiro atoms. The Morgan fingerprint density at radius 2 is 1.84 bits per heavy atom. The van der Waals surface area contributed by atoms with Crippen LogP contribution in [0.1, 0.15) is 16.2 Å². The van der Waals surface area contributed by atoms with E-state index in [0.29, 0.717) is 28.6 Å². The van der Waals surface area contributed by atoms with E-state index in [0.717, 1.165) is 0 Å². The molecule has 126 valence electrons. The van der Waals surface area contributed by atoms with Crippen LogP contribution in [0.3, 0.4) is 0 Å². The van der Waals surface area contributed by atoms with Crippen molar-refractivity contribution < 1.29 is 14.0 Å². The number of nitrogens with one attached hydrogen (secondary N) is 2. The van der Waals surface area contributed by atoms with Crippen molar-refractivity contribution in [3.8, 4) is 11.5 Å². The van der Waals surface area contributed by atoms with Gasteiger partial charge in [-0.3, -0.25) is 9.59 Å². The largest absolute Gasteiger partial charge is 0.421 e. The van der Waals surface area contributed by atoms with Crippen LogP contribution >= 0.6 is 0 Å². The monoisotopic (exact) mass is 336 g/mol. The van der Waals surface area contributed by atoms with Crippen LogP contribution in [-0.4, -0.2) is 28.6 Å². The number of amides is 2. The molecule has 3 rings (SSSR count). The number of anilines is 1. The molecular weight excluding hydrogens is 320 g/mol. The number of hydrogen-bond acceptors (Lipinski definition) is 5. The third kappa shape index (κ3) is 4.29. The van der Waals surface area contributed by atoms with Crippen molar-refractivity contribution in [2.45, 2.75) is 6.92 Å². The number of carbonyl (C=O) groups is 2. The lowest BCUT2D eigenvalue weighted by molar-refractivity contribution is -0.115. The fourth-order valence-corrected chi connectivity index (χ4v) is 2.20. The number of rotatable bonds is 5. The minimum Gasteiger partial charge on any atom is -0.421 e. The van der Waals surface area contributed by atoms with Crippen molar-refractivity contribution in [2.75, 3.05) is 11.9 Å². The lowest BCUT2D eigenvalue weighted by atomic mass is 10.2. The second kappa shape index (κ2) is 7.39. The molecule has 1 aromatic heterocycles. The molecule has 0 saturated carbocycles. The van der Waals surface area contributed by atoms with Crippen molar-refractivity contribution in [3.63, 3.8) is 0 Å². The molecule has 0 atom stereocenters. The van der Waals surface area contributed by atoms with E-state index in [1.54, 1.807) is 55.5 Å². The number of carbonyl (C=O) groups excluding carboxylic acids is 2. The smallest absolute Gasteiger partial charge is 0.251 e. The highest BCUT2D eigenvalue weighted by atomic mass is 16.4. The van der Waals surface area contributed by atoms with Gasteiger partial charge >= 0.3 is 0 Å². The van der Waals surface area contributed by atoms with Gasteiger partial charge in [-0.05, 0) is 30.3 Å². The Labute approximate surface area is 144 Å². The molecule has 25 heavy (non-hydrogen) atoms. The Balaban J connectivity index is 1.59. The molecule has 0 aliphatic heterocycles. The van der Waals surface area contributed by atoms with Crippen molar-refractivity contribution >= 4 is 17.5 Å². The Bertz CT molecular complexity index is 890. The first-order valence-electron chi connectivity index (χ1n) is 7.65. The average molecular weight is 336 g/mol. The predicted molar refractivity (Wildman–Crippen MR) is 91.9 cm³/mol. The molecule has 3 aromatic rings. The predicted octanol–water partition coefficient (Wildman–Crippen LogP) is 2.41. The van der Waals surface area contributed by atoms with Crippen molar-refractivity contribution in [1.29, 1.82) is 0 Å². The number of aromatic nitrogens is 2. The molecular formula is C18H16N4O3. The number of nitrogens with zero attached hydrogens (tertiary/aromatic N) is 2. The molecule has 0 aliphatic carbocycles. The normalized spacial score (nSPS) is 10.3. The second-order valence-electron chi connectivity index (χ2n) is 5.30. The number of hydrogen-bond donors (Lipinski definition) is 2. The Morgan fingerprint density at radius 1 is 1.04 bits per heavy atom. The maximum Gasteiger partial charge on any atom is 0.251 e. The van der Waals surface area contributed by atoms with Crippen LogP contribution in [0.2, 0.25) is 0 Å². The van der Waals surface area contributed by atoms with Gasteiger partial charge in [0.25, 0.3) is 5.91 Å². The second-order valence-corrected chi connectivity index (χ2v) is 5.30. The summed E-state index contributed by atoms with van der Waals surface area (Å²) in [7, 11) is 0. The third-order valence-electron chi connectivity index (χ3n) is 3.36. The summed E-state index contributed by atoms with van der Waals surface area (Å²) in [5.74, 6) is 0.216. The van der Waals surface area contributed by atoms with E-state index in [1.165, 1.54) is 0 Å². The number of benzene rings is 2. The molecule has 1 heterocycles. The van der Waals surface area contributed by atoms with Crippen molar-refractivity contribution in [3.05, 3.63) is 66.1 Å². The van der Waals surface area contributed by atoms with Gasteiger partial charge in [0.05, 0.1) is 6.54 Å². The molecule has 0 bridgehead atoms. The van der Waals surface area contributed by atoms with Gasteiger partial charge < -0.3 is 15.1 Å². The number of aryl methyl sites for hydroxylation is 1. The van der Waals surface area contributed by atoms with E-state index in [9.17, 15) is 9.59 Å². The highest BCUT2D eigenvalue weighted by Crippen LogP contribution is 2.21. The maximum absolute atomic E-state index is 12.0. The van der Waals surface area contributed by atoms with Crippen LogP contribution in [-0.2, 0) is 4.79 Å². The summed E-state index contributed by atoms with van der Waals surface area (Å²) >= 11 is 0. The van der Waals surface area contributed by atoms with E-state index in [2.05, 4.69) is 20.8 Å². The fraction of sp³-hybridized carbons (Fsp3) is 0.111. The van der Waals surface area contributed by atoms with Crippen LogP contribution in [0.15, 0.2) is 59.0 Å². The first-order chi connectivity index (χ1) is 12.1. The first kappa shape index (κ1) is 16.4. The quantitative estimate of drug-likeness (QED) is 0.746. The van der Waals surface area contributed by atoms with Gasteiger partial charge in [0.2, 0.25) is 17.7 Å². The summed E-state index contributed by atoms with van der Waals surface area (Å²) in [5, 5.41) is 13.0. The zero-order valence-electron chi connectivity index (χ0n) is 13.5. The zero-order chi connectivity index (χ0) is 17.6. The molecule has 0 fully saturated rings. The van der Waals surface area contributed by atoms with E-state index in [4.69, 9.17) is 4.42 Å². The van der Waals surface area contributed by atoms with Crippen LogP contribution < -0.4 is 10.6 Å². The van der Waals surface area contributed by atoms with Crippen LogP contribution in [0, 0.1) is 6.92 Å². The molecule has 2 aromatic carbocycles. The lowest BCUT2D eigenvalue weighted by Gasteiger charge is -2.07. The van der Waals surface area contributed by atoms with Gasteiger partial charge in [-0.2, -0.15) is 0 Å².